The van der Waals surface area contributed by atoms with Crippen LogP contribution in [-0.4, -0.2) is 38.6 Å². The Morgan fingerprint density at radius 2 is 1.65 bits per heavy atom. The molecule has 0 spiro atoms. The number of hydrogen-bond acceptors (Lipinski definition) is 4. The van der Waals surface area contributed by atoms with Gasteiger partial charge in [0, 0.05) is 25.2 Å². The SMILES string of the molecule is O=C(Nc1ccccc1Oc1ccccc1)N1CCC(c2nnc3ccccn23)CC1. The van der Waals surface area contributed by atoms with Crippen molar-refractivity contribution in [2.75, 3.05) is 18.4 Å². The van der Waals surface area contributed by atoms with Crippen LogP contribution in [-0.2, 0) is 0 Å². The van der Waals surface area contributed by atoms with Gasteiger partial charge in [0.15, 0.2) is 11.4 Å². The molecule has 7 nitrogen and oxygen atoms in total. The molecule has 1 N–H and O–H groups in total. The third-order valence-corrected chi connectivity index (χ3v) is 5.59. The van der Waals surface area contributed by atoms with Crippen LogP contribution in [0.5, 0.6) is 11.5 Å². The number of pyridine rings is 1. The van der Waals surface area contributed by atoms with Gasteiger partial charge in [0.1, 0.15) is 11.6 Å². The topological polar surface area (TPSA) is 71.8 Å². The van der Waals surface area contributed by atoms with E-state index in [1.54, 1.807) is 0 Å². The summed E-state index contributed by atoms with van der Waals surface area (Å²) < 4.78 is 7.99. The van der Waals surface area contributed by atoms with Crippen LogP contribution in [0.2, 0.25) is 0 Å². The molecule has 156 valence electrons. The van der Waals surface area contributed by atoms with Crippen molar-refractivity contribution in [3.8, 4) is 11.5 Å². The molecule has 2 amide bonds. The van der Waals surface area contributed by atoms with Crippen molar-refractivity contribution in [2.24, 2.45) is 0 Å². The molecule has 3 heterocycles. The molecule has 0 radical (unpaired) electrons. The Labute approximate surface area is 180 Å². The molecule has 0 atom stereocenters. The van der Waals surface area contributed by atoms with E-state index in [1.807, 2.05) is 88.3 Å². The first kappa shape index (κ1) is 19.1. The van der Waals surface area contributed by atoms with Crippen molar-refractivity contribution >= 4 is 17.4 Å². The van der Waals surface area contributed by atoms with Crippen LogP contribution in [0.1, 0.15) is 24.6 Å². The predicted molar refractivity (Wildman–Crippen MR) is 119 cm³/mol. The second kappa shape index (κ2) is 8.47. The van der Waals surface area contributed by atoms with E-state index >= 15 is 0 Å². The summed E-state index contributed by atoms with van der Waals surface area (Å²) >= 11 is 0. The van der Waals surface area contributed by atoms with Gasteiger partial charge < -0.3 is 15.0 Å². The zero-order chi connectivity index (χ0) is 21.0. The second-order valence-corrected chi connectivity index (χ2v) is 7.59. The fraction of sp³-hybridized carbons (Fsp3) is 0.208. The first-order valence-electron chi connectivity index (χ1n) is 10.5. The number of likely N-dealkylation sites (tertiary alicyclic amines) is 1. The summed E-state index contributed by atoms with van der Waals surface area (Å²) in [4.78, 5) is 14.8. The highest BCUT2D eigenvalue weighted by Crippen LogP contribution is 2.31. The largest absolute Gasteiger partial charge is 0.455 e. The average molecular weight is 413 g/mol. The highest BCUT2D eigenvalue weighted by Gasteiger charge is 2.27. The Hall–Kier alpha value is -3.87. The van der Waals surface area contributed by atoms with E-state index in [1.165, 1.54) is 0 Å². The molecule has 0 aliphatic carbocycles. The molecular formula is C24H23N5O2. The Kier molecular flexibility index (Phi) is 5.22. The summed E-state index contributed by atoms with van der Waals surface area (Å²) in [5, 5.41) is 11.6. The van der Waals surface area contributed by atoms with Crippen molar-refractivity contribution < 1.29 is 9.53 Å². The summed E-state index contributed by atoms with van der Waals surface area (Å²) in [5.41, 5.74) is 1.51. The van der Waals surface area contributed by atoms with Crippen molar-refractivity contribution in [1.29, 1.82) is 0 Å². The number of urea groups is 1. The van der Waals surface area contributed by atoms with Crippen molar-refractivity contribution in [1.82, 2.24) is 19.5 Å². The first-order valence-corrected chi connectivity index (χ1v) is 10.5. The van der Waals surface area contributed by atoms with E-state index < -0.39 is 0 Å². The fourth-order valence-electron chi connectivity index (χ4n) is 3.95. The van der Waals surface area contributed by atoms with Gasteiger partial charge in [-0.15, -0.1) is 10.2 Å². The third-order valence-electron chi connectivity index (χ3n) is 5.59. The number of carbonyl (C=O) groups is 1. The molecule has 1 fully saturated rings. The maximum Gasteiger partial charge on any atom is 0.321 e. The second-order valence-electron chi connectivity index (χ2n) is 7.59. The van der Waals surface area contributed by atoms with E-state index in [9.17, 15) is 4.79 Å². The summed E-state index contributed by atoms with van der Waals surface area (Å²) in [6.45, 7) is 1.33. The maximum atomic E-state index is 12.9. The minimum Gasteiger partial charge on any atom is -0.455 e. The number of amides is 2. The summed E-state index contributed by atoms with van der Waals surface area (Å²) in [6, 6.07) is 22.8. The lowest BCUT2D eigenvalue weighted by atomic mass is 9.96. The molecule has 1 saturated heterocycles. The number of nitrogens with one attached hydrogen (secondary N) is 1. The lowest BCUT2D eigenvalue weighted by Gasteiger charge is -2.31. The summed E-state index contributed by atoms with van der Waals surface area (Å²) in [6.07, 6.45) is 3.70. The van der Waals surface area contributed by atoms with E-state index in [0.29, 0.717) is 24.5 Å². The standard InChI is InChI=1S/C24H23N5O2/c30-24(25-20-10-4-5-11-21(20)31-19-8-2-1-3-9-19)28-16-13-18(14-17-28)23-27-26-22-12-6-7-15-29(22)23/h1-12,15,18H,13-14,16-17H2,(H,25,30). The number of hydrogen-bond donors (Lipinski definition) is 1. The molecule has 1 aliphatic heterocycles. The highest BCUT2D eigenvalue weighted by atomic mass is 16.5. The first-order chi connectivity index (χ1) is 15.3. The normalized spacial score (nSPS) is 14.5. The molecule has 0 unspecified atom stereocenters. The van der Waals surface area contributed by atoms with Gasteiger partial charge in [0.25, 0.3) is 0 Å². The van der Waals surface area contributed by atoms with Gasteiger partial charge in [0.05, 0.1) is 5.69 Å². The van der Waals surface area contributed by atoms with Crippen LogP contribution in [0.15, 0.2) is 79.0 Å². The van der Waals surface area contributed by atoms with E-state index in [0.717, 1.165) is 30.1 Å². The number of aromatic nitrogens is 3. The van der Waals surface area contributed by atoms with Gasteiger partial charge in [-0.2, -0.15) is 0 Å². The Balaban J connectivity index is 1.24. The van der Waals surface area contributed by atoms with Crippen LogP contribution in [0.3, 0.4) is 0 Å². The predicted octanol–water partition coefficient (Wildman–Crippen LogP) is 4.93. The van der Waals surface area contributed by atoms with Crippen molar-refractivity contribution in [3.63, 3.8) is 0 Å². The van der Waals surface area contributed by atoms with Gasteiger partial charge in [-0.1, -0.05) is 36.4 Å². The number of fused-ring (bicyclic) bond motifs is 1. The Morgan fingerprint density at radius 1 is 0.903 bits per heavy atom. The minimum absolute atomic E-state index is 0.117. The van der Waals surface area contributed by atoms with E-state index in [2.05, 4.69) is 15.5 Å². The van der Waals surface area contributed by atoms with Gasteiger partial charge >= 0.3 is 6.03 Å². The Bertz CT molecular complexity index is 1180. The summed E-state index contributed by atoms with van der Waals surface area (Å²) in [5.74, 6) is 2.60. The molecule has 1 aliphatic rings. The average Bonchev–Trinajstić information content (AvgIpc) is 3.25. The van der Waals surface area contributed by atoms with Gasteiger partial charge in [-0.25, -0.2) is 4.79 Å². The lowest BCUT2D eigenvalue weighted by molar-refractivity contribution is 0.193. The van der Waals surface area contributed by atoms with Crippen molar-refractivity contribution in [2.45, 2.75) is 18.8 Å². The summed E-state index contributed by atoms with van der Waals surface area (Å²) in [7, 11) is 0. The monoisotopic (exact) mass is 413 g/mol. The quantitative estimate of drug-likeness (QED) is 0.515. The smallest absolute Gasteiger partial charge is 0.321 e. The van der Waals surface area contributed by atoms with Crippen molar-refractivity contribution in [3.05, 3.63) is 84.8 Å². The molecule has 7 heteroatoms. The number of benzene rings is 2. The van der Waals surface area contributed by atoms with Crippen LogP contribution < -0.4 is 10.1 Å². The fourth-order valence-corrected chi connectivity index (χ4v) is 3.95. The molecule has 2 aromatic heterocycles. The number of rotatable bonds is 4. The van der Waals surface area contributed by atoms with Gasteiger partial charge in [-0.05, 0) is 49.2 Å². The maximum absolute atomic E-state index is 12.9. The van der Waals surface area contributed by atoms with Crippen LogP contribution in [0.25, 0.3) is 5.65 Å². The number of nitrogens with zero attached hydrogens (tertiary/aromatic N) is 4. The highest BCUT2D eigenvalue weighted by molar-refractivity contribution is 5.91. The zero-order valence-corrected chi connectivity index (χ0v) is 17.0. The van der Waals surface area contributed by atoms with Crippen LogP contribution in [0, 0.1) is 0 Å². The molecule has 0 saturated carbocycles. The number of para-hydroxylation sites is 3. The van der Waals surface area contributed by atoms with Gasteiger partial charge in [0.2, 0.25) is 0 Å². The van der Waals surface area contributed by atoms with Gasteiger partial charge in [-0.3, -0.25) is 4.40 Å². The molecule has 2 aromatic carbocycles. The lowest BCUT2D eigenvalue weighted by Crippen LogP contribution is -2.40. The third kappa shape index (κ3) is 4.07. The zero-order valence-electron chi connectivity index (χ0n) is 17.0. The molecule has 31 heavy (non-hydrogen) atoms. The van der Waals surface area contributed by atoms with E-state index in [-0.39, 0.29) is 11.9 Å². The number of anilines is 1. The van der Waals surface area contributed by atoms with E-state index in [4.69, 9.17) is 4.74 Å². The van der Waals surface area contributed by atoms with Crippen LogP contribution >= 0.6 is 0 Å². The molecule has 0 bridgehead atoms. The number of carbonyl (C=O) groups excluding carboxylic acids is 1. The number of piperidine rings is 1. The van der Waals surface area contributed by atoms with Crippen LogP contribution in [0.4, 0.5) is 10.5 Å². The molecule has 5 rings (SSSR count). The Morgan fingerprint density at radius 3 is 2.48 bits per heavy atom. The molecule has 4 aromatic rings. The molecular weight excluding hydrogens is 390 g/mol. The minimum atomic E-state index is -0.117. The number of ether oxygens (including phenoxy) is 1.